The molecule has 1 spiro atoms. The monoisotopic (exact) mass is 372 g/mol. The third-order valence-electron chi connectivity index (χ3n) is 5.27. The van der Waals surface area contributed by atoms with Gasteiger partial charge in [-0.3, -0.25) is 14.5 Å². The fourth-order valence-corrected chi connectivity index (χ4v) is 3.79. The first kappa shape index (κ1) is 19.0. The smallest absolute Gasteiger partial charge is 0.325 e. The minimum atomic E-state index is -0.855. The van der Waals surface area contributed by atoms with Crippen LogP contribution in [0, 0.1) is 11.3 Å². The lowest BCUT2D eigenvalue weighted by atomic mass is 9.90. The summed E-state index contributed by atoms with van der Waals surface area (Å²) in [5.74, 6) is -0.101. The van der Waals surface area contributed by atoms with E-state index < -0.39 is 11.6 Å². The van der Waals surface area contributed by atoms with E-state index in [0.29, 0.717) is 18.6 Å². The average molecular weight is 372 g/mol. The molecule has 1 aromatic rings. The average Bonchev–Trinajstić information content (AvgIpc) is 3.15. The molecule has 4 amide bonds. The van der Waals surface area contributed by atoms with Crippen molar-refractivity contribution in [3.63, 3.8) is 0 Å². The van der Waals surface area contributed by atoms with Crippen molar-refractivity contribution < 1.29 is 18.8 Å². The summed E-state index contributed by atoms with van der Waals surface area (Å²) >= 11 is 0. The summed E-state index contributed by atoms with van der Waals surface area (Å²) in [5.41, 5.74) is -0.855. The summed E-state index contributed by atoms with van der Waals surface area (Å²) in [6.07, 6.45) is 6.79. The zero-order chi connectivity index (χ0) is 19.3. The van der Waals surface area contributed by atoms with Crippen LogP contribution in [0.15, 0.2) is 22.8 Å². The van der Waals surface area contributed by atoms with Gasteiger partial charge in [0.1, 0.15) is 17.8 Å². The van der Waals surface area contributed by atoms with E-state index in [1.165, 1.54) is 11.2 Å². The maximum Gasteiger partial charge on any atom is 0.325 e. The third kappa shape index (κ3) is 4.13. The first-order valence-electron chi connectivity index (χ1n) is 9.37. The lowest BCUT2D eigenvalue weighted by Gasteiger charge is -2.26. The molecule has 0 bridgehead atoms. The predicted molar refractivity (Wildman–Crippen MR) is 95.0 cm³/mol. The van der Waals surface area contributed by atoms with Crippen molar-refractivity contribution >= 4 is 17.8 Å². The molecular formula is C19H24N4O4. The number of imide groups is 1. The second-order valence-corrected chi connectivity index (χ2v) is 7.12. The molecule has 0 unspecified atom stereocenters. The van der Waals surface area contributed by atoms with Gasteiger partial charge in [-0.25, -0.2) is 4.79 Å². The molecule has 27 heavy (non-hydrogen) atoms. The van der Waals surface area contributed by atoms with E-state index in [1.54, 1.807) is 12.1 Å². The molecular weight excluding hydrogens is 348 g/mol. The van der Waals surface area contributed by atoms with Crippen molar-refractivity contribution in [3.05, 3.63) is 24.2 Å². The Morgan fingerprint density at radius 2 is 2.04 bits per heavy atom. The Kier molecular flexibility index (Phi) is 5.79. The Balaban J connectivity index is 1.69. The fraction of sp³-hybridized carbons (Fsp3) is 0.579. The van der Waals surface area contributed by atoms with Gasteiger partial charge in [-0.1, -0.05) is 25.7 Å². The molecule has 1 aromatic heterocycles. The summed E-state index contributed by atoms with van der Waals surface area (Å²) in [7, 11) is 0. The maximum absolute atomic E-state index is 12.9. The van der Waals surface area contributed by atoms with Gasteiger partial charge in [0, 0.05) is 6.54 Å². The summed E-state index contributed by atoms with van der Waals surface area (Å²) in [6, 6.07) is 4.96. The number of hydrogen-bond acceptors (Lipinski definition) is 5. The minimum Gasteiger partial charge on any atom is -0.467 e. The zero-order valence-corrected chi connectivity index (χ0v) is 15.3. The van der Waals surface area contributed by atoms with E-state index >= 15 is 0 Å². The quantitative estimate of drug-likeness (QED) is 0.770. The van der Waals surface area contributed by atoms with Crippen LogP contribution in [-0.2, 0) is 16.1 Å². The maximum atomic E-state index is 12.9. The highest BCUT2D eigenvalue weighted by Gasteiger charge is 2.51. The number of nitriles is 1. The summed E-state index contributed by atoms with van der Waals surface area (Å²) in [4.78, 5) is 40.6. The van der Waals surface area contributed by atoms with Crippen molar-refractivity contribution in [1.29, 1.82) is 5.26 Å². The first-order valence-corrected chi connectivity index (χ1v) is 9.37. The number of urea groups is 1. The first-order chi connectivity index (χ1) is 13.1. The molecule has 1 saturated heterocycles. The molecule has 1 aliphatic heterocycles. The molecule has 2 aliphatic rings. The topological polar surface area (TPSA) is 107 Å². The molecule has 0 radical (unpaired) electrons. The van der Waals surface area contributed by atoms with Crippen molar-refractivity contribution in [1.82, 2.24) is 15.1 Å². The molecule has 8 heteroatoms. The highest BCUT2D eigenvalue weighted by molar-refractivity contribution is 6.09. The van der Waals surface area contributed by atoms with Crippen LogP contribution in [0.1, 0.15) is 50.7 Å². The van der Waals surface area contributed by atoms with Crippen molar-refractivity contribution in [3.8, 4) is 6.07 Å². The van der Waals surface area contributed by atoms with Crippen molar-refractivity contribution in [2.45, 2.75) is 57.0 Å². The Morgan fingerprint density at radius 1 is 1.30 bits per heavy atom. The lowest BCUT2D eigenvalue weighted by molar-refractivity contribution is -0.139. The molecule has 0 atom stereocenters. The Hall–Kier alpha value is -2.82. The van der Waals surface area contributed by atoms with Gasteiger partial charge in [-0.2, -0.15) is 5.26 Å². The van der Waals surface area contributed by atoms with Crippen molar-refractivity contribution in [2.75, 3.05) is 13.1 Å². The normalized spacial score (nSPS) is 18.9. The molecule has 8 nitrogen and oxygen atoms in total. The summed E-state index contributed by atoms with van der Waals surface area (Å²) < 4.78 is 5.27. The number of furan rings is 1. The van der Waals surface area contributed by atoms with E-state index in [2.05, 4.69) is 5.32 Å². The minimum absolute atomic E-state index is 0.163. The van der Waals surface area contributed by atoms with Gasteiger partial charge in [0.05, 0.1) is 25.3 Å². The number of rotatable bonds is 6. The number of carbonyl (C=O) groups is 3. The molecule has 1 aliphatic carbocycles. The van der Waals surface area contributed by atoms with Crippen LogP contribution >= 0.6 is 0 Å². The number of nitrogens with one attached hydrogen (secondary N) is 1. The van der Waals surface area contributed by atoms with Gasteiger partial charge in [0.15, 0.2) is 0 Å². The SMILES string of the molecule is N#CCCN(Cc1ccco1)C(=O)CN1C(=O)NC2(CCCCCC2)C1=O. The Morgan fingerprint density at radius 3 is 2.67 bits per heavy atom. The molecule has 2 heterocycles. The molecule has 3 rings (SSSR count). The number of amides is 4. The number of carbonyl (C=O) groups excluding carboxylic acids is 3. The van der Waals surface area contributed by atoms with Crippen LogP contribution in [0.5, 0.6) is 0 Å². The van der Waals surface area contributed by atoms with Gasteiger partial charge in [0.2, 0.25) is 5.91 Å². The van der Waals surface area contributed by atoms with E-state index in [-0.39, 0.29) is 37.9 Å². The van der Waals surface area contributed by atoms with Gasteiger partial charge in [-0.05, 0) is 25.0 Å². The van der Waals surface area contributed by atoms with Gasteiger partial charge in [-0.15, -0.1) is 0 Å². The summed E-state index contributed by atoms with van der Waals surface area (Å²) in [6.45, 7) is 0.0890. The largest absolute Gasteiger partial charge is 0.467 e. The van der Waals surface area contributed by atoms with E-state index in [9.17, 15) is 14.4 Å². The molecule has 144 valence electrons. The molecule has 1 saturated carbocycles. The highest BCUT2D eigenvalue weighted by atomic mass is 16.3. The molecule has 2 fully saturated rings. The Labute approximate surface area is 158 Å². The standard InChI is InChI=1S/C19H24N4O4/c20-10-6-11-22(13-15-7-5-12-27-15)16(24)14-23-17(25)19(21-18(23)26)8-3-1-2-4-9-19/h5,7,12H,1-4,6,8-9,11,13-14H2,(H,21,26). The van der Waals surface area contributed by atoms with Gasteiger partial charge in [0.25, 0.3) is 5.91 Å². The fourth-order valence-electron chi connectivity index (χ4n) is 3.79. The van der Waals surface area contributed by atoms with Crippen LogP contribution in [0.2, 0.25) is 0 Å². The molecule has 0 aromatic carbocycles. The predicted octanol–water partition coefficient (Wildman–Crippen LogP) is 2.17. The van der Waals surface area contributed by atoms with Crippen LogP contribution < -0.4 is 5.32 Å². The van der Waals surface area contributed by atoms with Crippen LogP contribution in [0.4, 0.5) is 4.79 Å². The third-order valence-corrected chi connectivity index (χ3v) is 5.27. The second-order valence-electron chi connectivity index (χ2n) is 7.12. The van der Waals surface area contributed by atoms with Crippen LogP contribution in [0.3, 0.4) is 0 Å². The second kappa shape index (κ2) is 8.25. The Bertz CT molecular complexity index is 729. The number of nitrogens with zero attached hydrogens (tertiary/aromatic N) is 3. The lowest BCUT2D eigenvalue weighted by Crippen LogP contribution is -2.47. The van der Waals surface area contributed by atoms with Crippen LogP contribution in [-0.4, -0.2) is 46.3 Å². The summed E-state index contributed by atoms with van der Waals surface area (Å²) in [5, 5.41) is 11.7. The van der Waals surface area contributed by atoms with Crippen LogP contribution in [0.25, 0.3) is 0 Å². The van der Waals surface area contributed by atoms with Crippen molar-refractivity contribution in [2.24, 2.45) is 0 Å². The van der Waals surface area contributed by atoms with E-state index in [0.717, 1.165) is 30.6 Å². The zero-order valence-electron chi connectivity index (χ0n) is 15.3. The number of hydrogen-bond donors (Lipinski definition) is 1. The highest BCUT2D eigenvalue weighted by Crippen LogP contribution is 2.32. The van der Waals surface area contributed by atoms with E-state index in [4.69, 9.17) is 9.68 Å². The van der Waals surface area contributed by atoms with E-state index in [1.807, 2.05) is 6.07 Å². The van der Waals surface area contributed by atoms with Gasteiger partial charge >= 0.3 is 6.03 Å². The van der Waals surface area contributed by atoms with Gasteiger partial charge < -0.3 is 14.6 Å². The molecule has 1 N–H and O–H groups in total.